The number of nitrogens with zero attached hydrogens (tertiary/aromatic N) is 1. The summed E-state index contributed by atoms with van der Waals surface area (Å²) < 4.78 is 25.5. The molecule has 0 spiro atoms. The second-order valence-electron chi connectivity index (χ2n) is 7.85. The van der Waals surface area contributed by atoms with Gasteiger partial charge >= 0.3 is 0 Å². The van der Waals surface area contributed by atoms with E-state index in [9.17, 15) is 9.18 Å². The molecule has 0 heterocycles. The number of carbonyl (C=O) groups excluding carboxylic acids is 1. The van der Waals surface area contributed by atoms with E-state index in [0.29, 0.717) is 41.4 Å². The van der Waals surface area contributed by atoms with Crippen molar-refractivity contribution in [3.63, 3.8) is 0 Å². The molecule has 5 nitrogen and oxygen atoms in total. The maximum atomic E-state index is 14.3. The van der Waals surface area contributed by atoms with Gasteiger partial charge in [-0.25, -0.2) is 4.39 Å². The van der Waals surface area contributed by atoms with Gasteiger partial charge in [-0.3, -0.25) is 9.69 Å². The summed E-state index contributed by atoms with van der Waals surface area (Å²) in [5, 5.41) is 2.57. The van der Waals surface area contributed by atoms with Crippen molar-refractivity contribution in [2.75, 3.05) is 25.6 Å². The van der Waals surface area contributed by atoms with Crippen LogP contribution in [-0.4, -0.2) is 43.2 Å². The smallest absolute Gasteiger partial charge is 0.284 e. The lowest BCUT2D eigenvalue weighted by molar-refractivity contribution is -0.114. The monoisotopic (exact) mass is 428 g/mol. The molecule has 0 aliphatic heterocycles. The van der Waals surface area contributed by atoms with Gasteiger partial charge in [-0.05, 0) is 57.9 Å². The van der Waals surface area contributed by atoms with Gasteiger partial charge in [0.05, 0.1) is 13.7 Å². The van der Waals surface area contributed by atoms with Crippen molar-refractivity contribution in [1.82, 2.24) is 4.90 Å². The van der Waals surface area contributed by atoms with Crippen LogP contribution in [-0.2, 0) is 4.79 Å². The van der Waals surface area contributed by atoms with Gasteiger partial charge in [-0.1, -0.05) is 30.3 Å². The third-order valence-electron chi connectivity index (χ3n) is 4.88. The largest absolute Gasteiger partial charge is 0.493 e. The minimum Gasteiger partial charge on any atom is -0.493 e. The molecule has 0 radical (unpaired) electrons. The quantitative estimate of drug-likeness (QED) is 0.378. The summed E-state index contributed by atoms with van der Waals surface area (Å²) in [6.45, 7) is 10.2. The zero-order chi connectivity index (χ0) is 22.8. The van der Waals surface area contributed by atoms with E-state index < -0.39 is 11.7 Å². The van der Waals surface area contributed by atoms with Crippen molar-refractivity contribution < 1.29 is 18.7 Å². The zero-order valence-electron chi connectivity index (χ0n) is 19.0. The van der Waals surface area contributed by atoms with Crippen LogP contribution < -0.4 is 14.8 Å². The van der Waals surface area contributed by atoms with E-state index in [4.69, 9.17) is 9.47 Å². The van der Waals surface area contributed by atoms with Crippen LogP contribution in [0.15, 0.2) is 54.4 Å². The van der Waals surface area contributed by atoms with Crippen LogP contribution in [0.3, 0.4) is 0 Å². The minimum absolute atomic E-state index is 0.434. The van der Waals surface area contributed by atoms with E-state index in [1.165, 1.54) is 6.08 Å². The first-order valence-corrected chi connectivity index (χ1v) is 10.6. The molecule has 0 unspecified atom stereocenters. The predicted molar refractivity (Wildman–Crippen MR) is 124 cm³/mol. The van der Waals surface area contributed by atoms with Gasteiger partial charge in [0.1, 0.15) is 0 Å². The third kappa shape index (κ3) is 7.72. The first-order chi connectivity index (χ1) is 14.8. The number of nitrogens with one attached hydrogen (secondary N) is 1. The first-order valence-electron chi connectivity index (χ1n) is 10.6. The third-order valence-corrected chi connectivity index (χ3v) is 4.88. The molecule has 31 heavy (non-hydrogen) atoms. The molecule has 2 aromatic rings. The highest BCUT2D eigenvalue weighted by Crippen LogP contribution is 2.30. The van der Waals surface area contributed by atoms with Crippen molar-refractivity contribution in [2.24, 2.45) is 0 Å². The summed E-state index contributed by atoms with van der Waals surface area (Å²) in [6.07, 6.45) is 2.05. The Morgan fingerprint density at radius 2 is 1.74 bits per heavy atom. The van der Waals surface area contributed by atoms with Crippen LogP contribution in [0.2, 0.25) is 0 Å². The molecule has 0 bridgehead atoms. The minimum atomic E-state index is -0.869. The summed E-state index contributed by atoms with van der Waals surface area (Å²) in [5.74, 6) is -0.618. The average Bonchev–Trinajstić information content (AvgIpc) is 2.73. The van der Waals surface area contributed by atoms with Crippen LogP contribution in [0.4, 0.5) is 10.1 Å². The molecule has 0 fully saturated rings. The maximum absolute atomic E-state index is 14.3. The Labute approximate surface area is 184 Å². The van der Waals surface area contributed by atoms with E-state index in [-0.39, 0.29) is 0 Å². The highest BCUT2D eigenvalue weighted by atomic mass is 19.1. The lowest BCUT2D eigenvalue weighted by atomic mass is 10.2. The highest BCUT2D eigenvalue weighted by Gasteiger charge is 2.14. The Balaban J connectivity index is 1.99. The normalized spacial score (nSPS) is 11.8. The molecule has 0 aliphatic rings. The topological polar surface area (TPSA) is 50.8 Å². The number of amides is 1. The van der Waals surface area contributed by atoms with Gasteiger partial charge in [0, 0.05) is 30.4 Å². The number of hydrogen-bond donors (Lipinski definition) is 1. The van der Waals surface area contributed by atoms with E-state index in [2.05, 4.69) is 37.9 Å². The molecule has 2 aromatic carbocycles. The first kappa shape index (κ1) is 24.4. The molecule has 0 saturated carbocycles. The van der Waals surface area contributed by atoms with Crippen molar-refractivity contribution in [2.45, 2.75) is 46.2 Å². The predicted octanol–water partition coefficient (Wildman–Crippen LogP) is 5.53. The van der Waals surface area contributed by atoms with E-state index in [0.717, 1.165) is 13.0 Å². The molecule has 168 valence electrons. The van der Waals surface area contributed by atoms with E-state index in [1.54, 1.807) is 49.6 Å². The van der Waals surface area contributed by atoms with Crippen molar-refractivity contribution >= 4 is 17.7 Å². The van der Waals surface area contributed by atoms with Gasteiger partial charge in [-0.2, -0.15) is 0 Å². The zero-order valence-corrected chi connectivity index (χ0v) is 19.0. The summed E-state index contributed by atoms with van der Waals surface area (Å²) in [6, 6.07) is 14.8. The number of rotatable bonds is 11. The van der Waals surface area contributed by atoms with Crippen molar-refractivity contribution in [1.29, 1.82) is 0 Å². The number of methoxy groups -OCH3 is 1. The second kappa shape index (κ2) is 12.1. The molecule has 0 aliphatic carbocycles. The van der Waals surface area contributed by atoms with Gasteiger partial charge in [0.15, 0.2) is 17.3 Å². The van der Waals surface area contributed by atoms with Crippen LogP contribution in [0.25, 0.3) is 6.08 Å². The standard InChI is InChI=1S/C25H33FN2O3/c1-18(2)28(19(3)4)14-9-15-31-24-17-21(12-13-23(24)30-5)27-25(29)22(26)16-20-10-7-6-8-11-20/h6-8,10-13,16-19H,9,14-15H2,1-5H3,(H,27,29)/b22-16-. The molecular formula is C25H33FN2O3. The summed E-state index contributed by atoms with van der Waals surface area (Å²) in [5.41, 5.74) is 1.05. The molecular weight excluding hydrogens is 395 g/mol. The second-order valence-corrected chi connectivity index (χ2v) is 7.85. The van der Waals surface area contributed by atoms with Gasteiger partial charge < -0.3 is 14.8 Å². The number of hydrogen-bond acceptors (Lipinski definition) is 4. The molecule has 6 heteroatoms. The Hall–Kier alpha value is -2.86. The highest BCUT2D eigenvalue weighted by molar-refractivity contribution is 6.05. The van der Waals surface area contributed by atoms with Crippen molar-refractivity contribution in [3.8, 4) is 11.5 Å². The molecule has 0 saturated heterocycles. The molecule has 1 amide bonds. The SMILES string of the molecule is COc1ccc(NC(=O)/C(F)=C/c2ccccc2)cc1OCCCN(C(C)C)C(C)C. The molecule has 2 rings (SSSR count). The number of halogens is 1. The number of ether oxygens (including phenoxy) is 2. The number of anilines is 1. The van der Waals surface area contributed by atoms with Crippen LogP contribution >= 0.6 is 0 Å². The van der Waals surface area contributed by atoms with Gasteiger partial charge in [-0.15, -0.1) is 0 Å². The number of benzene rings is 2. The Morgan fingerprint density at radius 1 is 1.06 bits per heavy atom. The fourth-order valence-corrected chi connectivity index (χ4v) is 3.36. The fourth-order valence-electron chi connectivity index (χ4n) is 3.36. The summed E-state index contributed by atoms with van der Waals surface area (Å²) in [4.78, 5) is 14.6. The molecule has 0 atom stereocenters. The molecule has 0 aromatic heterocycles. The summed E-state index contributed by atoms with van der Waals surface area (Å²) in [7, 11) is 1.56. The van der Waals surface area contributed by atoms with Gasteiger partial charge in [0.2, 0.25) is 0 Å². The lowest BCUT2D eigenvalue weighted by Crippen LogP contribution is -2.38. The molecule has 1 N–H and O–H groups in total. The Kier molecular flexibility index (Phi) is 9.53. The van der Waals surface area contributed by atoms with E-state index >= 15 is 0 Å². The Morgan fingerprint density at radius 3 is 2.35 bits per heavy atom. The van der Waals surface area contributed by atoms with E-state index in [1.807, 2.05) is 6.07 Å². The lowest BCUT2D eigenvalue weighted by Gasteiger charge is -2.30. The number of carbonyl (C=O) groups is 1. The average molecular weight is 429 g/mol. The van der Waals surface area contributed by atoms with Crippen LogP contribution in [0.1, 0.15) is 39.7 Å². The van der Waals surface area contributed by atoms with Crippen LogP contribution in [0, 0.1) is 0 Å². The fraction of sp³-hybridized carbons (Fsp3) is 0.400. The summed E-state index contributed by atoms with van der Waals surface area (Å²) >= 11 is 0. The van der Waals surface area contributed by atoms with Crippen molar-refractivity contribution in [3.05, 3.63) is 59.9 Å². The van der Waals surface area contributed by atoms with Crippen LogP contribution in [0.5, 0.6) is 11.5 Å². The van der Waals surface area contributed by atoms with Gasteiger partial charge in [0.25, 0.3) is 5.91 Å². The Bertz CT molecular complexity index is 858. The maximum Gasteiger partial charge on any atom is 0.284 e.